The Bertz CT molecular complexity index is 1270. The third kappa shape index (κ3) is 5.47. The van der Waals surface area contributed by atoms with E-state index in [1.165, 1.54) is 16.7 Å². The molecule has 0 saturated carbocycles. The van der Waals surface area contributed by atoms with Crippen LogP contribution in [-0.2, 0) is 9.59 Å². The molecule has 6 nitrogen and oxygen atoms in total. The summed E-state index contributed by atoms with van der Waals surface area (Å²) in [6.07, 6.45) is 1.73. The van der Waals surface area contributed by atoms with E-state index in [4.69, 9.17) is 21.7 Å². The van der Waals surface area contributed by atoms with Crippen molar-refractivity contribution < 1.29 is 19.1 Å². The van der Waals surface area contributed by atoms with Gasteiger partial charge in [0, 0.05) is 11.3 Å². The van der Waals surface area contributed by atoms with E-state index in [2.05, 4.69) is 5.32 Å². The highest BCUT2D eigenvalue weighted by Crippen LogP contribution is 2.37. The number of amides is 2. The normalized spacial score (nSPS) is 14.4. The van der Waals surface area contributed by atoms with Crippen LogP contribution in [0.15, 0.2) is 77.7 Å². The van der Waals surface area contributed by atoms with Gasteiger partial charge in [0.2, 0.25) is 0 Å². The van der Waals surface area contributed by atoms with Crippen LogP contribution >= 0.6 is 24.0 Å². The zero-order valence-electron chi connectivity index (χ0n) is 18.6. The van der Waals surface area contributed by atoms with Gasteiger partial charge in [0.1, 0.15) is 11.5 Å². The average Bonchev–Trinajstić information content (AvgIpc) is 3.11. The molecule has 34 heavy (non-hydrogen) atoms. The van der Waals surface area contributed by atoms with Gasteiger partial charge in [-0.15, -0.1) is 0 Å². The van der Waals surface area contributed by atoms with Crippen molar-refractivity contribution in [1.29, 1.82) is 0 Å². The molecule has 3 aromatic carbocycles. The highest BCUT2D eigenvalue weighted by molar-refractivity contribution is 8.27. The minimum absolute atomic E-state index is 0.161. The molecule has 4 rings (SSSR count). The molecular formula is C26H22N2O4S2. The summed E-state index contributed by atoms with van der Waals surface area (Å²) in [5.41, 5.74) is 3.12. The van der Waals surface area contributed by atoms with Gasteiger partial charge in [-0.1, -0.05) is 54.3 Å². The van der Waals surface area contributed by atoms with Crippen LogP contribution in [0.3, 0.4) is 0 Å². The van der Waals surface area contributed by atoms with Crippen LogP contribution in [0.2, 0.25) is 0 Å². The summed E-state index contributed by atoms with van der Waals surface area (Å²) < 4.78 is 11.4. The number of methoxy groups -OCH3 is 1. The smallest absolute Gasteiger partial charge is 0.270 e. The molecule has 1 fully saturated rings. The van der Waals surface area contributed by atoms with Gasteiger partial charge in [0.25, 0.3) is 11.8 Å². The number of rotatable bonds is 7. The molecule has 1 aliphatic heterocycles. The minimum Gasteiger partial charge on any atom is -0.497 e. The number of ether oxygens (including phenoxy) is 2. The molecule has 0 unspecified atom stereocenters. The Morgan fingerprint density at radius 3 is 2.59 bits per heavy atom. The van der Waals surface area contributed by atoms with Gasteiger partial charge in [-0.05, 0) is 61.0 Å². The Balaban J connectivity index is 1.47. The fourth-order valence-electron chi connectivity index (χ4n) is 3.36. The van der Waals surface area contributed by atoms with Crippen LogP contribution in [-0.4, -0.2) is 29.9 Å². The molecule has 2 amide bonds. The number of hydrogen-bond donors (Lipinski definition) is 1. The van der Waals surface area contributed by atoms with Gasteiger partial charge in [0.05, 0.1) is 17.7 Å². The van der Waals surface area contributed by atoms with E-state index in [9.17, 15) is 9.59 Å². The van der Waals surface area contributed by atoms with Gasteiger partial charge in [-0.25, -0.2) is 0 Å². The van der Waals surface area contributed by atoms with Crippen molar-refractivity contribution >= 4 is 57.6 Å². The molecule has 8 heteroatoms. The van der Waals surface area contributed by atoms with E-state index in [0.29, 0.717) is 37.7 Å². The molecule has 1 aliphatic rings. The van der Waals surface area contributed by atoms with E-state index in [1.54, 1.807) is 43.5 Å². The number of anilines is 2. The van der Waals surface area contributed by atoms with E-state index in [1.807, 2.05) is 49.4 Å². The molecule has 172 valence electrons. The molecular weight excluding hydrogens is 468 g/mol. The fourth-order valence-corrected chi connectivity index (χ4v) is 4.65. The Morgan fingerprint density at radius 1 is 1.09 bits per heavy atom. The summed E-state index contributed by atoms with van der Waals surface area (Å²) >= 11 is 6.68. The quantitative estimate of drug-likeness (QED) is 0.352. The first-order valence-corrected chi connectivity index (χ1v) is 11.7. The molecule has 1 heterocycles. The van der Waals surface area contributed by atoms with E-state index >= 15 is 0 Å². The topological polar surface area (TPSA) is 67.9 Å². The monoisotopic (exact) mass is 490 g/mol. The highest BCUT2D eigenvalue weighted by Gasteiger charge is 2.33. The second-order valence-electron chi connectivity index (χ2n) is 7.46. The number of carbonyl (C=O) groups excluding carboxylic acids is 2. The van der Waals surface area contributed by atoms with Crippen molar-refractivity contribution in [3.05, 3.63) is 88.8 Å². The number of nitrogens with zero attached hydrogens (tertiary/aromatic N) is 1. The lowest BCUT2D eigenvalue weighted by Gasteiger charge is -2.14. The Morgan fingerprint density at radius 2 is 1.85 bits per heavy atom. The maximum Gasteiger partial charge on any atom is 0.270 e. The predicted molar refractivity (Wildman–Crippen MR) is 140 cm³/mol. The predicted octanol–water partition coefficient (Wildman–Crippen LogP) is 5.43. The third-order valence-corrected chi connectivity index (χ3v) is 6.29. The summed E-state index contributed by atoms with van der Waals surface area (Å²) in [5.74, 6) is 0.706. The van der Waals surface area contributed by atoms with Gasteiger partial charge in [-0.3, -0.25) is 14.5 Å². The Kier molecular flexibility index (Phi) is 7.30. The lowest BCUT2D eigenvalue weighted by molar-refractivity contribution is -0.118. The van der Waals surface area contributed by atoms with Gasteiger partial charge >= 0.3 is 0 Å². The fraction of sp³-hybridized carbons (Fsp3) is 0.115. The lowest BCUT2D eigenvalue weighted by Crippen LogP contribution is -2.27. The second-order valence-corrected chi connectivity index (χ2v) is 9.14. The zero-order chi connectivity index (χ0) is 24.1. The summed E-state index contributed by atoms with van der Waals surface area (Å²) in [6, 6.07) is 21.9. The van der Waals surface area contributed by atoms with Gasteiger partial charge < -0.3 is 14.8 Å². The summed E-state index contributed by atoms with van der Waals surface area (Å²) in [7, 11) is 1.59. The molecule has 0 aliphatic carbocycles. The maximum atomic E-state index is 13.1. The lowest BCUT2D eigenvalue weighted by atomic mass is 10.2. The number of carbonyl (C=O) groups is 2. The van der Waals surface area contributed by atoms with Crippen molar-refractivity contribution in [3.8, 4) is 11.5 Å². The summed E-state index contributed by atoms with van der Waals surface area (Å²) in [4.78, 5) is 27.4. The first-order valence-electron chi connectivity index (χ1n) is 10.4. The van der Waals surface area contributed by atoms with Gasteiger partial charge in [0.15, 0.2) is 10.9 Å². The third-order valence-electron chi connectivity index (χ3n) is 4.99. The molecule has 1 N–H and O–H groups in total. The van der Waals surface area contributed by atoms with Gasteiger partial charge in [-0.2, -0.15) is 0 Å². The maximum absolute atomic E-state index is 13.1. The van der Waals surface area contributed by atoms with E-state index in [0.717, 1.165) is 5.56 Å². The van der Waals surface area contributed by atoms with Crippen LogP contribution in [0.5, 0.6) is 11.5 Å². The second kappa shape index (κ2) is 10.5. The van der Waals surface area contributed by atoms with Crippen molar-refractivity contribution in [2.75, 3.05) is 23.9 Å². The standard InChI is InChI=1S/C26H22N2O4S2/c1-17-6-5-8-19(14-17)27-24(29)16-32-22-9-4-3-7-18(22)15-23-25(30)28(26(33)34-23)20-10-12-21(31-2)13-11-20/h3-15H,16H2,1-2H3,(H,27,29)/b23-15-. The largest absolute Gasteiger partial charge is 0.497 e. The van der Waals surface area contributed by atoms with Crippen molar-refractivity contribution in [2.45, 2.75) is 6.92 Å². The summed E-state index contributed by atoms with van der Waals surface area (Å²) in [5, 5.41) is 2.82. The number of thioether (sulfide) groups is 1. The molecule has 1 saturated heterocycles. The molecule has 0 bridgehead atoms. The minimum atomic E-state index is -0.272. The van der Waals surface area contributed by atoms with Crippen molar-refractivity contribution in [3.63, 3.8) is 0 Å². The number of nitrogens with one attached hydrogen (secondary N) is 1. The Hall–Kier alpha value is -3.62. The average molecular weight is 491 g/mol. The van der Waals surface area contributed by atoms with Crippen LogP contribution in [0.25, 0.3) is 6.08 Å². The molecule has 3 aromatic rings. The number of thiocarbonyl (C=S) groups is 1. The summed E-state index contributed by atoms with van der Waals surface area (Å²) in [6.45, 7) is 1.80. The van der Waals surface area contributed by atoms with Crippen LogP contribution in [0.1, 0.15) is 11.1 Å². The number of para-hydroxylation sites is 1. The van der Waals surface area contributed by atoms with Crippen molar-refractivity contribution in [2.24, 2.45) is 0 Å². The Labute approximate surface area is 207 Å². The zero-order valence-corrected chi connectivity index (χ0v) is 20.2. The van der Waals surface area contributed by atoms with E-state index in [-0.39, 0.29) is 18.4 Å². The van der Waals surface area contributed by atoms with E-state index < -0.39 is 0 Å². The first-order chi connectivity index (χ1) is 16.4. The molecule has 0 spiro atoms. The SMILES string of the molecule is COc1ccc(N2C(=O)/C(=C/c3ccccc3OCC(=O)Nc3cccc(C)c3)SC2=S)cc1. The highest BCUT2D eigenvalue weighted by atomic mass is 32.2. The van der Waals surface area contributed by atoms with Crippen LogP contribution < -0.4 is 19.7 Å². The molecule has 0 atom stereocenters. The first kappa shape index (κ1) is 23.5. The number of benzene rings is 3. The molecule has 0 radical (unpaired) electrons. The van der Waals surface area contributed by atoms with Crippen molar-refractivity contribution in [1.82, 2.24) is 0 Å². The number of aryl methyl sites for hydroxylation is 1. The van der Waals surface area contributed by atoms with Crippen LogP contribution in [0.4, 0.5) is 11.4 Å². The number of hydrogen-bond acceptors (Lipinski definition) is 6. The van der Waals surface area contributed by atoms with Crippen LogP contribution in [0, 0.1) is 6.92 Å². The molecule has 0 aromatic heterocycles.